The fourth-order valence-electron chi connectivity index (χ4n) is 3.89. The molecule has 174 valence electrons. The third kappa shape index (κ3) is 5.41. The van der Waals surface area contributed by atoms with Gasteiger partial charge in [-0.25, -0.2) is 9.18 Å². The molecular weight excluding hydrogens is 435 g/mol. The summed E-state index contributed by atoms with van der Waals surface area (Å²) in [6.45, 7) is 1.82. The van der Waals surface area contributed by atoms with E-state index in [4.69, 9.17) is 5.73 Å². The fraction of sp³-hybridized carbons (Fsp3) is 0.429. The SMILES string of the molecule is CN(C)S(=O)(=O)N(C)C1CCN(Cc2cc(F)cc(N(C(N)=O)c3cccnc3)c2)CC1. The normalized spacial score (nSPS) is 15.9. The van der Waals surface area contributed by atoms with Gasteiger partial charge in [-0.1, -0.05) is 0 Å². The molecule has 2 amide bonds. The number of pyridine rings is 1. The minimum atomic E-state index is -3.46. The van der Waals surface area contributed by atoms with Crippen LogP contribution in [0.4, 0.5) is 20.6 Å². The van der Waals surface area contributed by atoms with Gasteiger partial charge >= 0.3 is 6.03 Å². The molecule has 0 aliphatic carbocycles. The van der Waals surface area contributed by atoms with E-state index in [1.807, 2.05) is 0 Å². The van der Waals surface area contributed by atoms with Gasteiger partial charge in [0.05, 0.1) is 17.6 Å². The third-order valence-corrected chi connectivity index (χ3v) is 7.58. The molecule has 1 aromatic carbocycles. The molecule has 1 fully saturated rings. The van der Waals surface area contributed by atoms with E-state index in [0.29, 0.717) is 49.4 Å². The number of anilines is 2. The number of nitrogens with zero attached hydrogens (tertiary/aromatic N) is 5. The molecule has 1 aromatic heterocycles. The van der Waals surface area contributed by atoms with Crippen molar-refractivity contribution in [1.29, 1.82) is 0 Å². The standard InChI is InChI=1S/C21H29FN6O3S/c1-25(2)32(30,31)26(3)18-6-9-27(10-7-18)15-16-11-17(22)13-20(12-16)28(21(23)29)19-5-4-8-24-14-19/h4-5,8,11-14,18H,6-7,9-10,15H2,1-3H3,(H2,23,29). The summed E-state index contributed by atoms with van der Waals surface area (Å²) in [7, 11) is 1.17. The summed E-state index contributed by atoms with van der Waals surface area (Å²) in [5.41, 5.74) is 7.02. The smallest absolute Gasteiger partial charge is 0.323 e. The van der Waals surface area contributed by atoms with Gasteiger partial charge in [0.2, 0.25) is 0 Å². The number of primary amides is 1. The molecule has 0 bridgehead atoms. The highest BCUT2D eigenvalue weighted by molar-refractivity contribution is 7.86. The van der Waals surface area contributed by atoms with E-state index in [-0.39, 0.29) is 6.04 Å². The number of hydrogen-bond acceptors (Lipinski definition) is 5. The van der Waals surface area contributed by atoms with Crippen molar-refractivity contribution in [3.63, 3.8) is 0 Å². The van der Waals surface area contributed by atoms with Crippen molar-refractivity contribution >= 4 is 27.6 Å². The van der Waals surface area contributed by atoms with Crippen LogP contribution in [0, 0.1) is 5.82 Å². The van der Waals surface area contributed by atoms with E-state index in [0.717, 1.165) is 0 Å². The van der Waals surface area contributed by atoms with Gasteiger partial charge < -0.3 is 5.73 Å². The van der Waals surface area contributed by atoms with Gasteiger partial charge in [-0.05, 0) is 48.7 Å². The zero-order chi connectivity index (χ0) is 23.5. The predicted octanol–water partition coefficient (Wildman–Crippen LogP) is 2.14. The maximum absolute atomic E-state index is 14.4. The maximum Gasteiger partial charge on any atom is 0.323 e. The van der Waals surface area contributed by atoms with Crippen molar-refractivity contribution in [2.24, 2.45) is 5.73 Å². The number of urea groups is 1. The number of nitrogens with two attached hydrogens (primary N) is 1. The van der Waals surface area contributed by atoms with Crippen LogP contribution in [0.15, 0.2) is 42.7 Å². The van der Waals surface area contributed by atoms with Gasteiger partial charge in [0.25, 0.3) is 10.2 Å². The van der Waals surface area contributed by atoms with Gasteiger partial charge in [-0.3, -0.25) is 14.8 Å². The average molecular weight is 465 g/mol. The largest absolute Gasteiger partial charge is 0.351 e. The number of benzene rings is 1. The Hall–Kier alpha value is -2.60. The number of likely N-dealkylation sites (tertiary alicyclic amines) is 1. The third-order valence-electron chi connectivity index (χ3n) is 5.63. The summed E-state index contributed by atoms with van der Waals surface area (Å²) in [5, 5.41) is 0. The summed E-state index contributed by atoms with van der Waals surface area (Å²) in [6, 6.07) is 6.94. The van der Waals surface area contributed by atoms with Crippen molar-refractivity contribution < 1.29 is 17.6 Å². The van der Waals surface area contributed by atoms with Crippen molar-refractivity contribution in [2.45, 2.75) is 25.4 Å². The number of amides is 2. The molecule has 1 saturated heterocycles. The molecule has 0 radical (unpaired) electrons. The van der Waals surface area contributed by atoms with E-state index < -0.39 is 22.1 Å². The Bertz CT molecular complexity index is 1040. The second kappa shape index (κ2) is 9.90. The lowest BCUT2D eigenvalue weighted by Crippen LogP contribution is -2.48. The van der Waals surface area contributed by atoms with Crippen LogP contribution < -0.4 is 10.6 Å². The Labute approximate surface area is 188 Å². The fourth-order valence-corrected chi connectivity index (χ4v) is 4.99. The lowest BCUT2D eigenvalue weighted by molar-refractivity contribution is 0.161. The molecule has 3 rings (SSSR count). The summed E-state index contributed by atoms with van der Waals surface area (Å²) in [6.07, 6.45) is 4.41. The second-order valence-electron chi connectivity index (χ2n) is 8.02. The van der Waals surface area contributed by atoms with E-state index in [9.17, 15) is 17.6 Å². The molecule has 2 N–H and O–H groups in total. The number of carbonyl (C=O) groups excluding carboxylic acids is 1. The van der Waals surface area contributed by atoms with Crippen molar-refractivity contribution in [2.75, 3.05) is 39.1 Å². The molecule has 2 heterocycles. The first kappa shape index (κ1) is 24.1. The average Bonchev–Trinajstić information content (AvgIpc) is 2.74. The Balaban J connectivity index is 1.72. The zero-order valence-corrected chi connectivity index (χ0v) is 19.3. The highest BCUT2D eigenvalue weighted by atomic mass is 32.2. The summed E-state index contributed by atoms with van der Waals surface area (Å²) in [5.74, 6) is -0.473. The summed E-state index contributed by atoms with van der Waals surface area (Å²) < 4.78 is 41.8. The molecular formula is C21H29FN6O3S. The first-order valence-corrected chi connectivity index (χ1v) is 11.7. The molecule has 0 unspecified atom stereocenters. The number of aromatic nitrogens is 1. The van der Waals surface area contributed by atoms with E-state index in [1.54, 1.807) is 31.4 Å². The van der Waals surface area contributed by atoms with Gasteiger partial charge in [-0.15, -0.1) is 0 Å². The first-order valence-electron chi connectivity index (χ1n) is 10.3. The summed E-state index contributed by atoms with van der Waals surface area (Å²) >= 11 is 0. The van der Waals surface area contributed by atoms with Gasteiger partial charge in [0, 0.05) is 53.0 Å². The first-order chi connectivity index (χ1) is 15.1. The highest BCUT2D eigenvalue weighted by Crippen LogP contribution is 2.28. The minimum Gasteiger partial charge on any atom is -0.351 e. The number of carbonyl (C=O) groups is 1. The van der Waals surface area contributed by atoms with Crippen LogP contribution in [0.5, 0.6) is 0 Å². The van der Waals surface area contributed by atoms with E-state index >= 15 is 0 Å². The van der Waals surface area contributed by atoms with Crippen LogP contribution in [-0.4, -0.2) is 73.2 Å². The molecule has 0 atom stereocenters. The maximum atomic E-state index is 14.4. The lowest BCUT2D eigenvalue weighted by Gasteiger charge is -2.37. The Morgan fingerprint density at radius 2 is 1.88 bits per heavy atom. The highest BCUT2D eigenvalue weighted by Gasteiger charge is 2.31. The number of piperidine rings is 1. The monoisotopic (exact) mass is 464 g/mol. The quantitative estimate of drug-likeness (QED) is 0.676. The van der Waals surface area contributed by atoms with Gasteiger partial charge in [0.1, 0.15) is 5.82 Å². The summed E-state index contributed by atoms with van der Waals surface area (Å²) in [4.78, 5) is 19.4. The van der Waals surface area contributed by atoms with Crippen LogP contribution in [0.2, 0.25) is 0 Å². The molecule has 11 heteroatoms. The van der Waals surface area contributed by atoms with Crippen molar-refractivity contribution in [3.8, 4) is 0 Å². The van der Waals surface area contributed by atoms with Gasteiger partial charge in [0.15, 0.2) is 0 Å². The zero-order valence-electron chi connectivity index (χ0n) is 18.5. The Morgan fingerprint density at radius 3 is 2.44 bits per heavy atom. The lowest BCUT2D eigenvalue weighted by atomic mass is 10.0. The van der Waals surface area contributed by atoms with Crippen LogP contribution in [-0.2, 0) is 16.8 Å². The number of halogens is 1. The van der Waals surface area contributed by atoms with E-state index in [2.05, 4.69) is 9.88 Å². The Kier molecular flexibility index (Phi) is 7.44. The second-order valence-corrected chi connectivity index (χ2v) is 10.2. The molecule has 0 spiro atoms. The van der Waals surface area contributed by atoms with Gasteiger partial charge in [-0.2, -0.15) is 17.0 Å². The molecule has 0 saturated carbocycles. The molecule has 9 nitrogen and oxygen atoms in total. The molecule has 1 aliphatic heterocycles. The number of hydrogen-bond donors (Lipinski definition) is 1. The van der Waals surface area contributed by atoms with Crippen molar-refractivity contribution in [1.82, 2.24) is 18.5 Å². The van der Waals surface area contributed by atoms with Crippen molar-refractivity contribution in [3.05, 3.63) is 54.1 Å². The molecule has 1 aliphatic rings. The van der Waals surface area contributed by atoms with Crippen LogP contribution in [0.3, 0.4) is 0 Å². The van der Waals surface area contributed by atoms with Crippen LogP contribution in [0.25, 0.3) is 0 Å². The number of rotatable bonds is 7. The molecule has 32 heavy (non-hydrogen) atoms. The van der Waals surface area contributed by atoms with Crippen LogP contribution in [0.1, 0.15) is 18.4 Å². The van der Waals surface area contributed by atoms with E-state index in [1.165, 1.54) is 45.9 Å². The minimum absolute atomic E-state index is 0.0855. The Morgan fingerprint density at radius 1 is 1.19 bits per heavy atom. The molecule has 2 aromatic rings. The van der Waals surface area contributed by atoms with Crippen LogP contribution >= 0.6 is 0 Å². The topological polar surface area (TPSA) is 103 Å². The predicted molar refractivity (Wildman–Crippen MR) is 121 cm³/mol.